The molecule has 0 aromatic heterocycles. The average Bonchev–Trinajstić information content (AvgIpc) is 2.35. The molecule has 0 aromatic rings. The molecule has 0 unspecified atom stereocenters. The topological polar surface area (TPSA) is 26.3 Å². The number of carbonyl (C=O) groups excluding carboxylic acids is 1. The van der Waals surface area contributed by atoms with E-state index in [-0.39, 0.29) is 0 Å². The van der Waals surface area contributed by atoms with Crippen LogP contribution in [-0.4, -0.2) is 18.5 Å². The Kier molecular flexibility index (Phi) is 5.84. The number of hydrogen-bond donors (Lipinski definition) is 0. The third-order valence-corrected chi connectivity index (χ3v) is 4.57. The lowest BCUT2D eigenvalue weighted by Crippen LogP contribution is -2.45. The molecule has 0 heterocycles. The predicted octanol–water partition coefficient (Wildman–Crippen LogP) is 4.51. The molecule has 18 heavy (non-hydrogen) atoms. The number of Topliss-reactive ketones (excluding diaryl/α,β-unsaturated/α-hetero) is 1. The highest BCUT2D eigenvalue weighted by Crippen LogP contribution is 2.42. The summed E-state index contributed by atoms with van der Waals surface area (Å²) in [5, 5.41) is 0. The van der Waals surface area contributed by atoms with Crippen LogP contribution in [0, 0.1) is 5.41 Å². The van der Waals surface area contributed by atoms with Crippen LogP contribution < -0.4 is 0 Å². The largest absolute Gasteiger partial charge is 0.370 e. The van der Waals surface area contributed by atoms with Crippen LogP contribution in [0.15, 0.2) is 0 Å². The summed E-state index contributed by atoms with van der Waals surface area (Å²) < 4.78 is 5.64. The van der Waals surface area contributed by atoms with Gasteiger partial charge >= 0.3 is 0 Å². The van der Waals surface area contributed by atoms with Gasteiger partial charge in [0, 0.05) is 13.5 Å². The Balaban J connectivity index is 2.47. The van der Waals surface area contributed by atoms with Crippen LogP contribution in [0.1, 0.15) is 78.6 Å². The lowest BCUT2D eigenvalue weighted by Gasteiger charge is -2.41. The Hall–Kier alpha value is -0.370. The normalized spacial score (nSPS) is 21.8. The first-order chi connectivity index (χ1) is 8.46. The maximum Gasteiger partial charge on any atom is 0.164 e. The Morgan fingerprint density at radius 1 is 1.06 bits per heavy atom. The van der Waals surface area contributed by atoms with Crippen molar-refractivity contribution in [3.63, 3.8) is 0 Å². The second-order valence-electron chi connectivity index (χ2n) is 6.60. The summed E-state index contributed by atoms with van der Waals surface area (Å²) in [6.45, 7) is 6.78. The van der Waals surface area contributed by atoms with Gasteiger partial charge in [-0.05, 0) is 37.5 Å². The Bertz CT molecular complexity index is 258. The van der Waals surface area contributed by atoms with Crippen LogP contribution in [0.4, 0.5) is 0 Å². The molecule has 0 aliphatic heterocycles. The van der Waals surface area contributed by atoms with Gasteiger partial charge in [0.15, 0.2) is 5.78 Å². The second kappa shape index (κ2) is 6.70. The maximum atomic E-state index is 12.4. The fraction of sp³-hybridized carbons (Fsp3) is 0.938. The molecular formula is C16H30O2. The maximum absolute atomic E-state index is 12.4. The molecule has 2 nitrogen and oxygen atoms in total. The van der Waals surface area contributed by atoms with Gasteiger partial charge in [-0.15, -0.1) is 0 Å². The molecule has 0 spiro atoms. The van der Waals surface area contributed by atoms with E-state index in [1.165, 1.54) is 19.3 Å². The van der Waals surface area contributed by atoms with Crippen molar-refractivity contribution in [3.8, 4) is 0 Å². The molecule has 1 aliphatic rings. The molecule has 0 atom stereocenters. The minimum absolute atomic E-state index is 0.344. The number of unbranched alkanes of at least 4 members (excludes halogenated alkanes) is 3. The highest BCUT2D eigenvalue weighted by molar-refractivity contribution is 5.87. The third kappa shape index (κ3) is 4.08. The monoisotopic (exact) mass is 254 g/mol. The zero-order valence-electron chi connectivity index (χ0n) is 12.7. The van der Waals surface area contributed by atoms with Crippen molar-refractivity contribution in [3.05, 3.63) is 0 Å². The summed E-state index contributed by atoms with van der Waals surface area (Å²) >= 11 is 0. The average molecular weight is 254 g/mol. The Morgan fingerprint density at radius 3 is 2.17 bits per heavy atom. The number of methoxy groups -OCH3 is 1. The first-order valence-electron chi connectivity index (χ1n) is 7.54. The van der Waals surface area contributed by atoms with Gasteiger partial charge in [0.2, 0.25) is 0 Å². The molecule has 0 aromatic carbocycles. The van der Waals surface area contributed by atoms with E-state index >= 15 is 0 Å². The molecule has 1 aliphatic carbocycles. The third-order valence-electron chi connectivity index (χ3n) is 4.57. The highest BCUT2D eigenvalue weighted by atomic mass is 16.5. The summed E-state index contributed by atoms with van der Waals surface area (Å²) in [4.78, 5) is 12.4. The first kappa shape index (κ1) is 15.7. The first-order valence-corrected chi connectivity index (χ1v) is 7.54. The van der Waals surface area contributed by atoms with Crippen molar-refractivity contribution in [2.75, 3.05) is 7.11 Å². The van der Waals surface area contributed by atoms with E-state index in [0.29, 0.717) is 17.6 Å². The van der Waals surface area contributed by atoms with Crippen LogP contribution in [-0.2, 0) is 9.53 Å². The number of hydrogen-bond acceptors (Lipinski definition) is 2. The van der Waals surface area contributed by atoms with E-state index in [9.17, 15) is 4.79 Å². The van der Waals surface area contributed by atoms with E-state index < -0.39 is 5.60 Å². The van der Waals surface area contributed by atoms with Crippen molar-refractivity contribution >= 4 is 5.78 Å². The zero-order chi connectivity index (χ0) is 13.6. The van der Waals surface area contributed by atoms with Crippen LogP contribution in [0.25, 0.3) is 0 Å². The molecule has 0 bridgehead atoms. The van der Waals surface area contributed by atoms with Gasteiger partial charge in [-0.1, -0.05) is 40.0 Å². The number of ketones is 1. The standard InChI is InChI=1S/C16H30O2/c1-5-6-7-8-9-14(17)16(18-4)12-10-15(2,3)11-13-16/h5-13H2,1-4H3. The van der Waals surface area contributed by atoms with E-state index in [0.717, 1.165) is 32.1 Å². The minimum atomic E-state index is -0.457. The highest BCUT2D eigenvalue weighted by Gasteiger charge is 2.43. The van der Waals surface area contributed by atoms with Gasteiger partial charge < -0.3 is 4.74 Å². The number of ether oxygens (including phenoxy) is 1. The molecule has 0 amide bonds. The van der Waals surface area contributed by atoms with E-state index in [1.54, 1.807) is 7.11 Å². The molecule has 1 rings (SSSR count). The molecule has 2 heteroatoms. The summed E-state index contributed by atoms with van der Waals surface area (Å²) in [6, 6.07) is 0. The van der Waals surface area contributed by atoms with Crippen molar-refractivity contribution in [2.45, 2.75) is 84.2 Å². The van der Waals surface area contributed by atoms with Gasteiger partial charge in [-0.3, -0.25) is 4.79 Å². The molecule has 0 N–H and O–H groups in total. The van der Waals surface area contributed by atoms with Gasteiger partial charge in [-0.25, -0.2) is 0 Å². The summed E-state index contributed by atoms with van der Waals surface area (Å²) in [7, 11) is 1.71. The van der Waals surface area contributed by atoms with Crippen molar-refractivity contribution < 1.29 is 9.53 Å². The van der Waals surface area contributed by atoms with E-state index in [4.69, 9.17) is 4.74 Å². The van der Waals surface area contributed by atoms with Crippen LogP contribution in [0.3, 0.4) is 0 Å². The predicted molar refractivity (Wildman–Crippen MR) is 75.8 cm³/mol. The van der Waals surface area contributed by atoms with Gasteiger partial charge in [0.1, 0.15) is 5.60 Å². The fourth-order valence-electron chi connectivity index (χ4n) is 2.87. The molecule has 1 fully saturated rings. The lowest BCUT2D eigenvalue weighted by molar-refractivity contribution is -0.148. The van der Waals surface area contributed by atoms with Gasteiger partial charge in [-0.2, -0.15) is 0 Å². The quantitative estimate of drug-likeness (QED) is 0.625. The summed E-state index contributed by atoms with van der Waals surface area (Å²) in [5.74, 6) is 0.344. The minimum Gasteiger partial charge on any atom is -0.370 e. The van der Waals surface area contributed by atoms with Crippen molar-refractivity contribution in [1.82, 2.24) is 0 Å². The fourth-order valence-corrected chi connectivity index (χ4v) is 2.87. The van der Waals surface area contributed by atoms with Crippen LogP contribution in [0.5, 0.6) is 0 Å². The second-order valence-corrected chi connectivity index (χ2v) is 6.60. The molecular weight excluding hydrogens is 224 g/mol. The van der Waals surface area contributed by atoms with Crippen LogP contribution in [0.2, 0.25) is 0 Å². The number of rotatable bonds is 7. The summed E-state index contributed by atoms with van der Waals surface area (Å²) in [6.07, 6.45) is 9.37. The summed E-state index contributed by atoms with van der Waals surface area (Å²) in [5.41, 5.74) is -0.0771. The molecule has 0 radical (unpaired) electrons. The van der Waals surface area contributed by atoms with Crippen molar-refractivity contribution in [1.29, 1.82) is 0 Å². The smallest absolute Gasteiger partial charge is 0.164 e. The van der Waals surface area contributed by atoms with E-state index in [1.807, 2.05) is 0 Å². The van der Waals surface area contributed by atoms with Gasteiger partial charge in [0.05, 0.1) is 0 Å². The Morgan fingerprint density at radius 2 is 1.67 bits per heavy atom. The molecule has 1 saturated carbocycles. The SMILES string of the molecule is CCCCCCC(=O)C1(OC)CCC(C)(C)CC1. The van der Waals surface area contributed by atoms with E-state index in [2.05, 4.69) is 20.8 Å². The van der Waals surface area contributed by atoms with Crippen LogP contribution >= 0.6 is 0 Å². The van der Waals surface area contributed by atoms with Gasteiger partial charge in [0.25, 0.3) is 0 Å². The Labute approximate surface area is 112 Å². The zero-order valence-corrected chi connectivity index (χ0v) is 12.7. The molecule has 0 saturated heterocycles. The lowest BCUT2D eigenvalue weighted by atomic mass is 9.69. The number of carbonyl (C=O) groups is 1. The molecule has 106 valence electrons. The van der Waals surface area contributed by atoms with Crippen molar-refractivity contribution in [2.24, 2.45) is 5.41 Å².